The molecule has 24 heavy (non-hydrogen) atoms. The lowest BCUT2D eigenvalue weighted by Gasteiger charge is -2.20. The highest BCUT2D eigenvalue weighted by Gasteiger charge is 2.23. The highest BCUT2D eigenvalue weighted by molar-refractivity contribution is 5.93. The number of aromatic nitrogens is 4. The lowest BCUT2D eigenvalue weighted by atomic mass is 10.2. The Morgan fingerprint density at radius 2 is 2.04 bits per heavy atom. The highest BCUT2D eigenvalue weighted by Crippen LogP contribution is 2.19. The van der Waals surface area contributed by atoms with E-state index in [1.165, 1.54) is 0 Å². The second-order valence-corrected chi connectivity index (χ2v) is 6.01. The third-order valence-electron chi connectivity index (χ3n) is 4.39. The molecule has 0 saturated carbocycles. The average Bonchev–Trinajstić information content (AvgIpc) is 3.20. The van der Waals surface area contributed by atoms with Gasteiger partial charge in [-0.25, -0.2) is 4.98 Å². The molecule has 0 bridgehead atoms. The Kier molecular flexibility index (Phi) is 3.86. The van der Waals surface area contributed by atoms with Crippen LogP contribution in [-0.2, 0) is 19.6 Å². The highest BCUT2D eigenvalue weighted by atomic mass is 16.2. The van der Waals surface area contributed by atoms with Gasteiger partial charge >= 0.3 is 0 Å². The summed E-state index contributed by atoms with van der Waals surface area (Å²) in [5.41, 5.74) is 2.79. The van der Waals surface area contributed by atoms with E-state index in [4.69, 9.17) is 0 Å². The molecule has 0 unspecified atom stereocenters. The van der Waals surface area contributed by atoms with E-state index >= 15 is 0 Å². The zero-order chi connectivity index (χ0) is 16.4. The molecule has 0 saturated heterocycles. The van der Waals surface area contributed by atoms with Gasteiger partial charge in [-0.1, -0.05) is 0 Å². The summed E-state index contributed by atoms with van der Waals surface area (Å²) in [6.07, 6.45) is 10.2. The molecular formula is C18H19N5O. The van der Waals surface area contributed by atoms with E-state index in [-0.39, 0.29) is 5.91 Å². The topological polar surface area (TPSA) is 56.0 Å². The van der Waals surface area contributed by atoms with Crippen LogP contribution in [0.15, 0.2) is 55.4 Å². The van der Waals surface area contributed by atoms with Crippen molar-refractivity contribution >= 4 is 5.91 Å². The number of aryl methyl sites for hydroxylation is 1. The molecule has 0 atom stereocenters. The van der Waals surface area contributed by atoms with Gasteiger partial charge in [-0.3, -0.25) is 9.78 Å². The molecule has 4 rings (SSSR count). The molecule has 6 heteroatoms. The second kappa shape index (κ2) is 6.31. The van der Waals surface area contributed by atoms with Crippen LogP contribution in [0.5, 0.6) is 0 Å². The maximum atomic E-state index is 12.8. The van der Waals surface area contributed by atoms with E-state index in [0.717, 1.165) is 37.4 Å². The number of carbonyl (C=O) groups excluding carboxylic acids is 1. The van der Waals surface area contributed by atoms with Gasteiger partial charge in [0.05, 0.1) is 36.4 Å². The molecule has 0 radical (unpaired) electrons. The first-order valence-corrected chi connectivity index (χ1v) is 8.14. The number of amides is 1. The van der Waals surface area contributed by atoms with Crippen LogP contribution in [0.3, 0.4) is 0 Å². The fourth-order valence-electron chi connectivity index (χ4n) is 3.14. The number of pyridine rings is 1. The molecule has 4 heterocycles. The van der Waals surface area contributed by atoms with Gasteiger partial charge in [0.15, 0.2) is 0 Å². The van der Waals surface area contributed by atoms with Gasteiger partial charge < -0.3 is 14.0 Å². The zero-order valence-electron chi connectivity index (χ0n) is 13.4. The van der Waals surface area contributed by atoms with Crippen molar-refractivity contribution < 1.29 is 4.79 Å². The number of rotatable bonds is 3. The normalized spacial score (nSPS) is 14.2. The van der Waals surface area contributed by atoms with Gasteiger partial charge in [0, 0.05) is 37.9 Å². The number of carbonyl (C=O) groups is 1. The summed E-state index contributed by atoms with van der Waals surface area (Å²) in [6, 6.07) is 7.63. The van der Waals surface area contributed by atoms with Crippen molar-refractivity contribution in [1.82, 2.24) is 24.0 Å². The Hall–Kier alpha value is -2.89. The number of hydrogen-bond acceptors (Lipinski definition) is 3. The van der Waals surface area contributed by atoms with Crippen molar-refractivity contribution in [3.63, 3.8) is 0 Å². The SMILES string of the molecule is O=C(c1cccnc1)N1CCCn2cnc(Cn3cccc3)c2C1. The van der Waals surface area contributed by atoms with Gasteiger partial charge in [-0.05, 0) is 30.7 Å². The predicted octanol–water partition coefficient (Wildman–Crippen LogP) is 2.17. The van der Waals surface area contributed by atoms with E-state index in [0.29, 0.717) is 12.1 Å². The zero-order valence-corrected chi connectivity index (χ0v) is 13.4. The number of hydrogen-bond donors (Lipinski definition) is 0. The van der Waals surface area contributed by atoms with Crippen molar-refractivity contribution in [3.05, 3.63) is 72.3 Å². The minimum atomic E-state index is 0.0321. The molecule has 0 aromatic carbocycles. The van der Waals surface area contributed by atoms with Crippen molar-refractivity contribution in [2.24, 2.45) is 0 Å². The van der Waals surface area contributed by atoms with Crippen LogP contribution < -0.4 is 0 Å². The molecule has 3 aromatic heterocycles. The summed E-state index contributed by atoms with van der Waals surface area (Å²) in [4.78, 5) is 23.3. The van der Waals surface area contributed by atoms with Gasteiger partial charge in [-0.15, -0.1) is 0 Å². The van der Waals surface area contributed by atoms with Gasteiger partial charge in [0.25, 0.3) is 5.91 Å². The standard InChI is InChI=1S/C18H19N5O/c24-18(15-5-3-6-19-11-15)22-9-4-10-23-14-20-16(17(23)13-22)12-21-7-1-2-8-21/h1-3,5-8,11,14H,4,9-10,12-13H2. The molecule has 0 spiro atoms. The van der Waals surface area contributed by atoms with E-state index < -0.39 is 0 Å². The van der Waals surface area contributed by atoms with Crippen molar-refractivity contribution in [2.75, 3.05) is 6.54 Å². The molecule has 1 aliphatic rings. The Labute approximate surface area is 140 Å². The summed E-state index contributed by atoms with van der Waals surface area (Å²) < 4.78 is 4.27. The number of fused-ring (bicyclic) bond motifs is 1. The summed E-state index contributed by atoms with van der Waals surface area (Å²) in [6.45, 7) is 2.96. The number of nitrogens with zero attached hydrogens (tertiary/aromatic N) is 5. The van der Waals surface area contributed by atoms with E-state index in [9.17, 15) is 4.79 Å². The van der Waals surface area contributed by atoms with E-state index in [2.05, 4.69) is 19.1 Å². The van der Waals surface area contributed by atoms with Gasteiger partial charge in [0.2, 0.25) is 0 Å². The minimum Gasteiger partial charge on any atom is -0.348 e. The third-order valence-corrected chi connectivity index (χ3v) is 4.39. The molecule has 1 aliphatic heterocycles. The monoisotopic (exact) mass is 321 g/mol. The Bertz CT molecular complexity index is 822. The molecule has 0 fully saturated rings. The van der Waals surface area contributed by atoms with Gasteiger partial charge in [0.1, 0.15) is 0 Å². The fraction of sp³-hybridized carbons (Fsp3) is 0.278. The minimum absolute atomic E-state index is 0.0321. The van der Waals surface area contributed by atoms with Crippen molar-refractivity contribution in [1.29, 1.82) is 0 Å². The number of imidazole rings is 1. The summed E-state index contributed by atoms with van der Waals surface area (Å²) in [7, 11) is 0. The quantitative estimate of drug-likeness (QED) is 0.743. The van der Waals surface area contributed by atoms with Crippen LogP contribution in [0, 0.1) is 0 Å². The van der Waals surface area contributed by atoms with Crippen molar-refractivity contribution in [3.8, 4) is 0 Å². The predicted molar refractivity (Wildman–Crippen MR) is 89.4 cm³/mol. The van der Waals surface area contributed by atoms with Crippen LogP contribution in [0.25, 0.3) is 0 Å². The maximum Gasteiger partial charge on any atom is 0.255 e. The Balaban J connectivity index is 1.59. The second-order valence-electron chi connectivity index (χ2n) is 6.01. The first-order valence-electron chi connectivity index (χ1n) is 8.14. The summed E-state index contributed by atoms with van der Waals surface area (Å²) in [5, 5.41) is 0. The van der Waals surface area contributed by atoms with Crippen LogP contribution in [0.2, 0.25) is 0 Å². The Morgan fingerprint density at radius 1 is 1.17 bits per heavy atom. The smallest absolute Gasteiger partial charge is 0.255 e. The molecule has 3 aromatic rings. The van der Waals surface area contributed by atoms with Crippen LogP contribution >= 0.6 is 0 Å². The first-order chi connectivity index (χ1) is 11.8. The van der Waals surface area contributed by atoms with Crippen molar-refractivity contribution in [2.45, 2.75) is 26.1 Å². The van der Waals surface area contributed by atoms with Crippen LogP contribution in [0.4, 0.5) is 0 Å². The van der Waals surface area contributed by atoms with Crippen LogP contribution in [-0.4, -0.2) is 36.5 Å². The molecule has 0 aliphatic carbocycles. The molecule has 0 N–H and O–H groups in total. The average molecular weight is 321 g/mol. The fourth-order valence-corrected chi connectivity index (χ4v) is 3.14. The summed E-state index contributed by atoms with van der Waals surface area (Å²) in [5.74, 6) is 0.0321. The molecular weight excluding hydrogens is 302 g/mol. The van der Waals surface area contributed by atoms with E-state index in [1.807, 2.05) is 41.8 Å². The third kappa shape index (κ3) is 2.82. The lowest BCUT2D eigenvalue weighted by molar-refractivity contribution is 0.0745. The molecule has 6 nitrogen and oxygen atoms in total. The van der Waals surface area contributed by atoms with Gasteiger partial charge in [-0.2, -0.15) is 0 Å². The Morgan fingerprint density at radius 3 is 2.83 bits per heavy atom. The largest absolute Gasteiger partial charge is 0.348 e. The van der Waals surface area contributed by atoms with E-state index in [1.54, 1.807) is 18.5 Å². The first kappa shape index (κ1) is 14.7. The van der Waals surface area contributed by atoms with Crippen LogP contribution in [0.1, 0.15) is 28.2 Å². The maximum absolute atomic E-state index is 12.8. The molecule has 122 valence electrons. The lowest BCUT2D eigenvalue weighted by Crippen LogP contribution is -2.31. The summed E-state index contributed by atoms with van der Waals surface area (Å²) >= 11 is 0. The molecule has 1 amide bonds.